The van der Waals surface area contributed by atoms with Gasteiger partial charge >= 0.3 is 0 Å². The van der Waals surface area contributed by atoms with Crippen LogP contribution in [0, 0.1) is 4.91 Å². The Morgan fingerprint density at radius 3 is 2.92 bits per heavy atom. The summed E-state index contributed by atoms with van der Waals surface area (Å²) in [5.74, 6) is 1.57. The zero-order valence-corrected chi connectivity index (χ0v) is 8.21. The summed E-state index contributed by atoms with van der Waals surface area (Å²) in [6, 6.07) is 7.78. The summed E-state index contributed by atoms with van der Waals surface area (Å²) in [6.07, 6.45) is 0.806. The van der Waals surface area contributed by atoms with Crippen LogP contribution in [0.2, 0.25) is 0 Å². The summed E-state index contributed by atoms with van der Waals surface area (Å²) in [7, 11) is 1.64. The molecule has 13 heavy (non-hydrogen) atoms. The molecule has 0 atom stereocenters. The molecule has 0 aliphatic heterocycles. The van der Waals surface area contributed by atoms with Gasteiger partial charge in [0.15, 0.2) is 0 Å². The van der Waals surface area contributed by atoms with Crippen molar-refractivity contribution in [3.63, 3.8) is 0 Å². The molecule has 0 saturated heterocycles. The lowest BCUT2D eigenvalue weighted by molar-refractivity contribution is 0.410. The Morgan fingerprint density at radius 1 is 1.46 bits per heavy atom. The Balaban J connectivity index is 2.58. The van der Waals surface area contributed by atoms with Crippen LogP contribution in [0.4, 0.5) is 0 Å². The summed E-state index contributed by atoms with van der Waals surface area (Å²) in [6.45, 7) is 0. The lowest BCUT2D eigenvalue weighted by Crippen LogP contribution is -1.92. The number of nitrogens with zero attached hydrogens (tertiary/aromatic N) is 1. The number of aryl methyl sites for hydroxylation is 1. The predicted molar refractivity (Wildman–Crippen MR) is 55.0 cm³/mol. The highest BCUT2D eigenvalue weighted by molar-refractivity contribution is 7.97. The molecule has 0 saturated carbocycles. The minimum Gasteiger partial charge on any atom is -0.496 e. The average molecular weight is 197 g/mol. The second kappa shape index (κ2) is 5.59. The van der Waals surface area contributed by atoms with Crippen molar-refractivity contribution in [1.82, 2.24) is 0 Å². The third-order valence-electron chi connectivity index (χ3n) is 1.71. The molecule has 0 fully saturated rings. The molecule has 0 spiro atoms. The maximum Gasteiger partial charge on any atom is 0.122 e. The average Bonchev–Trinajstić information content (AvgIpc) is 2.19. The standard InChI is InChI=1S/C9H11NO2S/c1-12-9-5-3-2-4-8(9)6-7-13-10-11/h2-5H,6-7H2,1H3. The van der Waals surface area contributed by atoms with E-state index in [2.05, 4.69) is 4.58 Å². The number of nitroso groups, excluding NO2 is 1. The zero-order chi connectivity index (χ0) is 9.52. The van der Waals surface area contributed by atoms with Crippen molar-refractivity contribution in [2.45, 2.75) is 6.42 Å². The number of rotatable bonds is 5. The third kappa shape index (κ3) is 3.06. The molecule has 0 aliphatic rings. The van der Waals surface area contributed by atoms with E-state index in [1.54, 1.807) is 7.11 Å². The summed E-state index contributed by atoms with van der Waals surface area (Å²) < 4.78 is 7.89. The number of hydrogen-bond acceptors (Lipinski definition) is 4. The molecule has 1 rings (SSSR count). The molecule has 4 heteroatoms. The SMILES string of the molecule is COc1ccccc1CCSN=O. The fraction of sp³-hybridized carbons (Fsp3) is 0.333. The molecule has 1 aromatic carbocycles. The molecule has 0 aromatic heterocycles. The third-order valence-corrected chi connectivity index (χ3v) is 2.20. The van der Waals surface area contributed by atoms with E-state index in [0.717, 1.165) is 29.7 Å². The lowest BCUT2D eigenvalue weighted by Gasteiger charge is -2.05. The number of hydrogen-bond donors (Lipinski definition) is 0. The quantitative estimate of drug-likeness (QED) is 0.414. The van der Waals surface area contributed by atoms with Crippen molar-refractivity contribution >= 4 is 11.9 Å². The molecule has 0 heterocycles. The number of methoxy groups -OCH3 is 1. The van der Waals surface area contributed by atoms with Crippen molar-refractivity contribution in [1.29, 1.82) is 0 Å². The zero-order valence-electron chi connectivity index (χ0n) is 7.40. The molecular weight excluding hydrogens is 186 g/mol. The topological polar surface area (TPSA) is 38.7 Å². The van der Waals surface area contributed by atoms with Crippen molar-refractivity contribution in [2.75, 3.05) is 12.9 Å². The van der Waals surface area contributed by atoms with Crippen LogP contribution in [0.1, 0.15) is 5.56 Å². The van der Waals surface area contributed by atoms with E-state index in [4.69, 9.17) is 4.74 Å². The number of ether oxygens (including phenoxy) is 1. The highest BCUT2D eigenvalue weighted by Crippen LogP contribution is 2.19. The van der Waals surface area contributed by atoms with Gasteiger partial charge in [-0.25, -0.2) is 0 Å². The molecule has 0 bridgehead atoms. The van der Waals surface area contributed by atoms with E-state index in [1.807, 2.05) is 24.3 Å². The van der Waals surface area contributed by atoms with Crippen LogP contribution in [0.3, 0.4) is 0 Å². The van der Waals surface area contributed by atoms with Gasteiger partial charge in [0.05, 0.1) is 7.11 Å². The monoisotopic (exact) mass is 197 g/mol. The molecule has 3 nitrogen and oxygen atoms in total. The second-order valence-corrected chi connectivity index (χ2v) is 3.29. The fourth-order valence-electron chi connectivity index (χ4n) is 1.10. The predicted octanol–water partition coefficient (Wildman–Crippen LogP) is 2.65. The minimum atomic E-state index is 0.698. The van der Waals surface area contributed by atoms with E-state index in [9.17, 15) is 4.91 Å². The van der Waals surface area contributed by atoms with Gasteiger partial charge < -0.3 is 4.74 Å². The smallest absolute Gasteiger partial charge is 0.122 e. The van der Waals surface area contributed by atoms with Crippen molar-refractivity contribution < 1.29 is 4.74 Å². The minimum absolute atomic E-state index is 0.698. The van der Waals surface area contributed by atoms with Crippen molar-refractivity contribution in [3.8, 4) is 5.75 Å². The van der Waals surface area contributed by atoms with Gasteiger partial charge in [0.1, 0.15) is 5.75 Å². The Bertz CT molecular complexity index is 278. The first-order chi connectivity index (χ1) is 6.38. The lowest BCUT2D eigenvalue weighted by atomic mass is 10.1. The highest BCUT2D eigenvalue weighted by Gasteiger charge is 2.00. The van der Waals surface area contributed by atoms with Gasteiger partial charge in [0, 0.05) is 22.3 Å². The molecule has 0 amide bonds. The molecule has 0 aliphatic carbocycles. The van der Waals surface area contributed by atoms with Crippen molar-refractivity contribution in [2.24, 2.45) is 4.58 Å². The van der Waals surface area contributed by atoms with Crippen LogP contribution in [0.5, 0.6) is 5.75 Å². The number of para-hydroxylation sites is 1. The van der Waals surface area contributed by atoms with Crippen LogP contribution in [0.25, 0.3) is 0 Å². The first kappa shape index (κ1) is 10.1. The maximum absolute atomic E-state index is 9.83. The van der Waals surface area contributed by atoms with E-state index in [0.29, 0.717) is 5.75 Å². The Kier molecular flexibility index (Phi) is 4.32. The molecule has 0 radical (unpaired) electrons. The molecule has 70 valence electrons. The van der Waals surface area contributed by atoms with E-state index in [1.165, 1.54) is 0 Å². The fourth-order valence-corrected chi connectivity index (χ4v) is 1.49. The van der Waals surface area contributed by atoms with Gasteiger partial charge in [-0.2, -0.15) is 0 Å². The van der Waals surface area contributed by atoms with Gasteiger partial charge in [0.25, 0.3) is 0 Å². The van der Waals surface area contributed by atoms with Gasteiger partial charge in [-0.05, 0) is 18.1 Å². The van der Waals surface area contributed by atoms with E-state index < -0.39 is 0 Å². The molecule has 0 unspecified atom stereocenters. The van der Waals surface area contributed by atoms with Crippen LogP contribution >= 0.6 is 11.9 Å². The van der Waals surface area contributed by atoms with Crippen LogP contribution in [-0.2, 0) is 6.42 Å². The van der Waals surface area contributed by atoms with E-state index in [-0.39, 0.29) is 0 Å². The van der Waals surface area contributed by atoms with Gasteiger partial charge in [-0.15, -0.1) is 4.91 Å². The summed E-state index contributed by atoms with van der Waals surface area (Å²) >= 11 is 1.04. The van der Waals surface area contributed by atoms with E-state index >= 15 is 0 Å². The van der Waals surface area contributed by atoms with Crippen LogP contribution in [0.15, 0.2) is 28.8 Å². The van der Waals surface area contributed by atoms with Gasteiger partial charge in [-0.3, -0.25) is 0 Å². The van der Waals surface area contributed by atoms with Crippen LogP contribution in [-0.4, -0.2) is 12.9 Å². The first-order valence-electron chi connectivity index (χ1n) is 3.95. The first-order valence-corrected chi connectivity index (χ1v) is 4.89. The Labute approximate surface area is 81.6 Å². The maximum atomic E-state index is 9.83. The van der Waals surface area contributed by atoms with Gasteiger partial charge in [-0.1, -0.05) is 18.2 Å². The molecule has 0 N–H and O–H groups in total. The van der Waals surface area contributed by atoms with Crippen LogP contribution < -0.4 is 4.74 Å². The van der Waals surface area contributed by atoms with Gasteiger partial charge in [0.2, 0.25) is 0 Å². The normalized spacial score (nSPS) is 9.62. The Morgan fingerprint density at radius 2 is 2.23 bits per heavy atom. The molecule has 1 aromatic rings. The summed E-state index contributed by atoms with van der Waals surface area (Å²) in [4.78, 5) is 9.83. The van der Waals surface area contributed by atoms with Crippen molar-refractivity contribution in [3.05, 3.63) is 34.7 Å². The molecular formula is C9H11NO2S. The number of benzene rings is 1. The highest BCUT2D eigenvalue weighted by atomic mass is 32.2. The largest absolute Gasteiger partial charge is 0.496 e. The second-order valence-electron chi connectivity index (χ2n) is 2.47. The Hall–Kier alpha value is -1.03. The summed E-state index contributed by atoms with van der Waals surface area (Å²) in [5.41, 5.74) is 1.11. The summed E-state index contributed by atoms with van der Waals surface area (Å²) in [5, 5.41) is 0.